The average Bonchev–Trinajstić information content (AvgIpc) is 2.41. The summed E-state index contributed by atoms with van der Waals surface area (Å²) in [5, 5.41) is 0. The van der Waals surface area contributed by atoms with E-state index in [1.54, 1.807) is 0 Å². The average molecular weight is 140 g/mol. The van der Waals surface area contributed by atoms with Crippen LogP contribution in [-0.2, 0) is 0 Å². The summed E-state index contributed by atoms with van der Waals surface area (Å²) in [6.07, 6.45) is 3.92. The van der Waals surface area contributed by atoms with Gasteiger partial charge in [-0.2, -0.15) is 0 Å². The number of nitrogens with zero attached hydrogens (tertiary/aromatic N) is 1. The van der Waals surface area contributed by atoms with Gasteiger partial charge in [-0.05, 0) is 38.8 Å². The maximum atomic E-state index is 5.96. The minimum Gasteiger partial charge on any atom is -0.327 e. The van der Waals surface area contributed by atoms with Crippen molar-refractivity contribution in [2.24, 2.45) is 11.7 Å². The molecule has 2 aliphatic rings. The quantitative estimate of drug-likeness (QED) is 0.528. The molecule has 2 fully saturated rings. The van der Waals surface area contributed by atoms with E-state index < -0.39 is 0 Å². The molecule has 0 radical (unpaired) electrons. The zero-order valence-electron chi connectivity index (χ0n) is 6.59. The first kappa shape index (κ1) is 6.62. The maximum Gasteiger partial charge on any atom is 0.0136 e. The van der Waals surface area contributed by atoms with Gasteiger partial charge in [0.2, 0.25) is 0 Å². The Labute approximate surface area is 62.4 Å². The summed E-state index contributed by atoms with van der Waals surface area (Å²) in [5.41, 5.74) is 5.96. The molecule has 1 aliphatic heterocycles. The zero-order valence-corrected chi connectivity index (χ0v) is 6.59. The summed E-state index contributed by atoms with van der Waals surface area (Å²) in [7, 11) is 2.22. The van der Waals surface area contributed by atoms with Crippen molar-refractivity contribution in [1.82, 2.24) is 4.90 Å². The van der Waals surface area contributed by atoms with E-state index in [0.717, 1.165) is 12.0 Å². The molecule has 0 aromatic carbocycles. The number of fused-ring (bicyclic) bond motifs is 1. The summed E-state index contributed by atoms with van der Waals surface area (Å²) < 4.78 is 0. The van der Waals surface area contributed by atoms with Crippen LogP contribution in [0.5, 0.6) is 0 Å². The molecule has 0 spiro atoms. The van der Waals surface area contributed by atoms with Gasteiger partial charge in [0.25, 0.3) is 0 Å². The number of nitrogens with two attached hydrogens (primary N) is 1. The van der Waals surface area contributed by atoms with Gasteiger partial charge in [-0.25, -0.2) is 0 Å². The number of rotatable bonds is 0. The predicted octanol–water partition coefficient (Wildman–Crippen LogP) is 0.428. The van der Waals surface area contributed by atoms with E-state index in [1.165, 1.54) is 25.8 Å². The molecule has 58 valence electrons. The van der Waals surface area contributed by atoms with E-state index in [2.05, 4.69) is 11.9 Å². The number of hydrogen-bond donors (Lipinski definition) is 1. The summed E-state index contributed by atoms with van der Waals surface area (Å²) in [5.74, 6) is 0.824. The minimum atomic E-state index is 0.509. The van der Waals surface area contributed by atoms with Crippen LogP contribution in [0.4, 0.5) is 0 Å². The second-order valence-electron chi connectivity index (χ2n) is 3.74. The lowest BCUT2D eigenvalue weighted by Gasteiger charge is -2.18. The maximum absolute atomic E-state index is 5.96. The van der Waals surface area contributed by atoms with E-state index in [4.69, 9.17) is 5.73 Å². The normalized spacial score (nSPS) is 48.0. The van der Waals surface area contributed by atoms with Crippen molar-refractivity contribution in [3.05, 3.63) is 0 Å². The SMILES string of the molecule is CN1CCC2C(N)CCC21. The molecule has 1 aliphatic carbocycles. The third kappa shape index (κ3) is 0.789. The van der Waals surface area contributed by atoms with Gasteiger partial charge in [-0.3, -0.25) is 0 Å². The van der Waals surface area contributed by atoms with Crippen LogP contribution in [0.1, 0.15) is 19.3 Å². The monoisotopic (exact) mass is 140 g/mol. The molecule has 3 atom stereocenters. The topological polar surface area (TPSA) is 29.3 Å². The highest BCUT2D eigenvalue weighted by Crippen LogP contribution is 2.35. The van der Waals surface area contributed by atoms with Gasteiger partial charge >= 0.3 is 0 Å². The van der Waals surface area contributed by atoms with Crippen molar-refractivity contribution >= 4 is 0 Å². The van der Waals surface area contributed by atoms with Crippen LogP contribution in [0, 0.1) is 5.92 Å². The number of likely N-dealkylation sites (tertiary alicyclic amines) is 1. The highest BCUT2D eigenvalue weighted by atomic mass is 15.2. The molecule has 0 amide bonds. The van der Waals surface area contributed by atoms with Crippen molar-refractivity contribution < 1.29 is 0 Å². The van der Waals surface area contributed by atoms with Crippen LogP contribution in [0.3, 0.4) is 0 Å². The molecule has 2 N–H and O–H groups in total. The molecule has 1 saturated heterocycles. The predicted molar refractivity (Wildman–Crippen MR) is 41.7 cm³/mol. The summed E-state index contributed by atoms with van der Waals surface area (Å²) in [4.78, 5) is 2.47. The van der Waals surface area contributed by atoms with Crippen molar-refractivity contribution in [2.45, 2.75) is 31.3 Å². The standard InChI is InChI=1S/C8H16N2/c1-10-5-4-6-7(9)2-3-8(6)10/h6-8H,2-5,9H2,1H3. The van der Waals surface area contributed by atoms with E-state index >= 15 is 0 Å². The Morgan fingerprint density at radius 2 is 2.10 bits per heavy atom. The first-order chi connectivity index (χ1) is 4.79. The molecule has 0 aromatic rings. The van der Waals surface area contributed by atoms with E-state index in [9.17, 15) is 0 Å². The molecule has 2 heteroatoms. The van der Waals surface area contributed by atoms with Gasteiger partial charge in [0.1, 0.15) is 0 Å². The van der Waals surface area contributed by atoms with Gasteiger partial charge in [-0.15, -0.1) is 0 Å². The minimum absolute atomic E-state index is 0.509. The molecule has 1 heterocycles. The second-order valence-corrected chi connectivity index (χ2v) is 3.74. The summed E-state index contributed by atoms with van der Waals surface area (Å²) in [6, 6.07) is 1.34. The lowest BCUT2D eigenvalue weighted by atomic mass is 10.0. The molecule has 0 bridgehead atoms. The molecule has 2 nitrogen and oxygen atoms in total. The molecule has 3 unspecified atom stereocenters. The van der Waals surface area contributed by atoms with Crippen molar-refractivity contribution in [1.29, 1.82) is 0 Å². The highest BCUT2D eigenvalue weighted by Gasteiger charge is 2.40. The molecule has 0 aromatic heterocycles. The third-order valence-electron chi connectivity index (χ3n) is 3.22. The van der Waals surface area contributed by atoms with Crippen LogP contribution in [0.2, 0.25) is 0 Å². The lowest BCUT2D eigenvalue weighted by molar-refractivity contribution is 0.291. The van der Waals surface area contributed by atoms with Crippen LogP contribution >= 0.6 is 0 Å². The van der Waals surface area contributed by atoms with Crippen LogP contribution < -0.4 is 5.73 Å². The Morgan fingerprint density at radius 1 is 1.30 bits per heavy atom. The van der Waals surface area contributed by atoms with Crippen LogP contribution in [0.15, 0.2) is 0 Å². The Morgan fingerprint density at radius 3 is 2.80 bits per heavy atom. The van der Waals surface area contributed by atoms with Crippen molar-refractivity contribution in [3.63, 3.8) is 0 Å². The first-order valence-electron chi connectivity index (χ1n) is 4.25. The Bertz CT molecular complexity index is 119. The largest absolute Gasteiger partial charge is 0.327 e. The van der Waals surface area contributed by atoms with Gasteiger partial charge in [0, 0.05) is 12.1 Å². The van der Waals surface area contributed by atoms with E-state index in [1.807, 2.05) is 0 Å². The van der Waals surface area contributed by atoms with Crippen LogP contribution in [0.25, 0.3) is 0 Å². The number of hydrogen-bond acceptors (Lipinski definition) is 2. The molecular formula is C8H16N2. The van der Waals surface area contributed by atoms with Crippen molar-refractivity contribution in [2.75, 3.05) is 13.6 Å². The van der Waals surface area contributed by atoms with E-state index in [-0.39, 0.29) is 0 Å². The first-order valence-corrected chi connectivity index (χ1v) is 4.25. The lowest BCUT2D eigenvalue weighted by Crippen LogP contribution is -2.30. The second kappa shape index (κ2) is 2.21. The molecular weight excluding hydrogens is 124 g/mol. The molecule has 1 saturated carbocycles. The Hall–Kier alpha value is -0.0800. The Balaban J connectivity index is 2.09. The molecule has 2 rings (SSSR count). The van der Waals surface area contributed by atoms with Crippen molar-refractivity contribution in [3.8, 4) is 0 Å². The fraction of sp³-hybridized carbons (Fsp3) is 1.00. The van der Waals surface area contributed by atoms with Gasteiger partial charge in [0.05, 0.1) is 0 Å². The van der Waals surface area contributed by atoms with Gasteiger partial charge < -0.3 is 10.6 Å². The third-order valence-corrected chi connectivity index (χ3v) is 3.22. The fourth-order valence-electron chi connectivity index (χ4n) is 2.55. The Kier molecular flexibility index (Phi) is 1.46. The van der Waals surface area contributed by atoms with E-state index in [0.29, 0.717) is 6.04 Å². The summed E-state index contributed by atoms with van der Waals surface area (Å²) in [6.45, 7) is 1.27. The smallest absolute Gasteiger partial charge is 0.0136 e. The highest BCUT2D eigenvalue weighted by molar-refractivity contribution is 4.96. The fourth-order valence-corrected chi connectivity index (χ4v) is 2.55. The molecule has 10 heavy (non-hydrogen) atoms. The van der Waals surface area contributed by atoms with Gasteiger partial charge in [-0.1, -0.05) is 0 Å². The van der Waals surface area contributed by atoms with Gasteiger partial charge in [0.15, 0.2) is 0 Å². The zero-order chi connectivity index (χ0) is 7.14. The summed E-state index contributed by atoms with van der Waals surface area (Å²) >= 11 is 0. The van der Waals surface area contributed by atoms with Crippen LogP contribution in [-0.4, -0.2) is 30.6 Å².